The van der Waals surface area contributed by atoms with Crippen LogP contribution in [-0.2, 0) is 4.79 Å². The summed E-state index contributed by atoms with van der Waals surface area (Å²) in [5.74, 6) is 0.766. The topological polar surface area (TPSA) is 71.3 Å². The van der Waals surface area contributed by atoms with Crippen LogP contribution in [0.15, 0.2) is 48.0 Å². The molecule has 1 amide bonds. The Morgan fingerprint density at radius 2 is 1.81 bits per heavy atom. The molecule has 1 N–H and O–H groups in total. The summed E-state index contributed by atoms with van der Waals surface area (Å²) in [6.07, 6.45) is 1.53. The van der Waals surface area contributed by atoms with E-state index in [-0.39, 0.29) is 5.57 Å². The molecule has 5 nitrogen and oxygen atoms in total. The lowest BCUT2D eigenvalue weighted by Gasteiger charge is -2.11. The minimum atomic E-state index is -0.450. The van der Waals surface area contributed by atoms with Crippen LogP contribution in [0, 0.1) is 18.3 Å². The number of nitrogens with one attached hydrogen (secondary N) is 1. The molecule has 5 heteroatoms. The summed E-state index contributed by atoms with van der Waals surface area (Å²) in [4.78, 5) is 12.4. The smallest absolute Gasteiger partial charge is 0.266 e. The fraction of sp³-hybridized carbons (Fsp3) is 0.238. The Hall–Kier alpha value is -3.26. The van der Waals surface area contributed by atoms with Crippen molar-refractivity contribution in [2.24, 2.45) is 0 Å². The lowest BCUT2D eigenvalue weighted by atomic mass is 10.1. The average Bonchev–Trinajstić information content (AvgIpc) is 2.64. The van der Waals surface area contributed by atoms with Crippen molar-refractivity contribution in [2.45, 2.75) is 20.8 Å². The molecule has 0 bridgehead atoms. The zero-order chi connectivity index (χ0) is 18.9. The predicted octanol–water partition coefficient (Wildman–Crippen LogP) is 4.34. The van der Waals surface area contributed by atoms with Crippen molar-refractivity contribution in [2.75, 3.05) is 18.5 Å². The van der Waals surface area contributed by atoms with Gasteiger partial charge in [0.15, 0.2) is 11.5 Å². The van der Waals surface area contributed by atoms with E-state index in [1.54, 1.807) is 24.3 Å². The van der Waals surface area contributed by atoms with Gasteiger partial charge < -0.3 is 14.8 Å². The van der Waals surface area contributed by atoms with E-state index in [0.29, 0.717) is 36.0 Å². The summed E-state index contributed by atoms with van der Waals surface area (Å²) in [5.41, 5.74) is 2.31. The normalized spacial score (nSPS) is 10.8. The number of anilines is 1. The van der Waals surface area contributed by atoms with Crippen molar-refractivity contribution in [3.05, 3.63) is 59.2 Å². The molecule has 0 spiro atoms. The first-order valence-electron chi connectivity index (χ1n) is 8.47. The maximum Gasteiger partial charge on any atom is 0.266 e. The van der Waals surface area contributed by atoms with Crippen molar-refractivity contribution in [1.29, 1.82) is 5.26 Å². The van der Waals surface area contributed by atoms with Gasteiger partial charge in [0.2, 0.25) is 0 Å². The number of para-hydroxylation sites is 1. The van der Waals surface area contributed by atoms with Gasteiger partial charge in [-0.15, -0.1) is 0 Å². The monoisotopic (exact) mass is 350 g/mol. The van der Waals surface area contributed by atoms with Crippen LogP contribution in [0.5, 0.6) is 11.5 Å². The van der Waals surface area contributed by atoms with Gasteiger partial charge in [0.1, 0.15) is 11.6 Å². The van der Waals surface area contributed by atoms with Gasteiger partial charge in [0.05, 0.1) is 13.2 Å². The van der Waals surface area contributed by atoms with Crippen LogP contribution in [0.25, 0.3) is 6.08 Å². The first-order chi connectivity index (χ1) is 12.6. The van der Waals surface area contributed by atoms with E-state index in [2.05, 4.69) is 5.32 Å². The van der Waals surface area contributed by atoms with Crippen LogP contribution in [-0.4, -0.2) is 19.1 Å². The Kier molecular flexibility index (Phi) is 6.81. The van der Waals surface area contributed by atoms with E-state index in [4.69, 9.17) is 9.47 Å². The minimum Gasteiger partial charge on any atom is -0.490 e. The zero-order valence-electron chi connectivity index (χ0n) is 15.2. The van der Waals surface area contributed by atoms with E-state index < -0.39 is 5.91 Å². The highest BCUT2D eigenvalue weighted by molar-refractivity contribution is 6.10. The number of carbonyl (C=O) groups is 1. The molecule has 0 radical (unpaired) electrons. The van der Waals surface area contributed by atoms with E-state index >= 15 is 0 Å². The van der Waals surface area contributed by atoms with Gasteiger partial charge in [-0.05, 0) is 56.2 Å². The number of benzene rings is 2. The number of ether oxygens (including phenoxy) is 2. The Balaban J connectivity index is 2.27. The Labute approximate surface area is 153 Å². The fourth-order valence-corrected chi connectivity index (χ4v) is 2.38. The number of nitrogens with zero attached hydrogens (tertiary/aromatic N) is 1. The highest BCUT2D eigenvalue weighted by atomic mass is 16.5. The van der Waals surface area contributed by atoms with E-state index in [9.17, 15) is 10.1 Å². The largest absolute Gasteiger partial charge is 0.490 e. The molecule has 0 heterocycles. The Morgan fingerprint density at radius 1 is 1.12 bits per heavy atom. The lowest BCUT2D eigenvalue weighted by Crippen LogP contribution is -2.14. The molecule has 0 aromatic heterocycles. The lowest BCUT2D eigenvalue weighted by molar-refractivity contribution is -0.112. The molecular weight excluding hydrogens is 328 g/mol. The van der Waals surface area contributed by atoms with Crippen molar-refractivity contribution in [3.63, 3.8) is 0 Å². The van der Waals surface area contributed by atoms with Crippen LogP contribution in [0.3, 0.4) is 0 Å². The van der Waals surface area contributed by atoms with Crippen LogP contribution < -0.4 is 14.8 Å². The Morgan fingerprint density at radius 3 is 2.46 bits per heavy atom. The minimum absolute atomic E-state index is 0.0138. The molecule has 0 saturated heterocycles. The molecule has 0 aliphatic heterocycles. The number of aryl methyl sites for hydroxylation is 1. The second kappa shape index (κ2) is 9.28. The second-order valence-electron chi connectivity index (χ2n) is 5.51. The Bertz CT molecular complexity index is 851. The van der Waals surface area contributed by atoms with Crippen molar-refractivity contribution < 1.29 is 14.3 Å². The van der Waals surface area contributed by atoms with E-state index in [1.807, 2.05) is 45.0 Å². The SMILES string of the molecule is CCOc1ccc(/C=C(\C#N)C(=O)Nc2ccccc2C)cc1OCC. The first kappa shape index (κ1) is 19.1. The zero-order valence-corrected chi connectivity index (χ0v) is 15.2. The van der Waals surface area contributed by atoms with Crippen molar-refractivity contribution in [3.8, 4) is 17.6 Å². The molecule has 2 aromatic carbocycles. The molecular formula is C21H22N2O3. The molecule has 2 aromatic rings. The summed E-state index contributed by atoms with van der Waals surface area (Å²) in [6.45, 7) is 6.69. The van der Waals surface area contributed by atoms with Crippen molar-refractivity contribution >= 4 is 17.7 Å². The average molecular weight is 350 g/mol. The number of hydrogen-bond acceptors (Lipinski definition) is 4. The molecule has 0 aliphatic carbocycles. The molecule has 0 saturated carbocycles. The number of nitriles is 1. The number of carbonyl (C=O) groups excluding carboxylic acids is 1. The van der Waals surface area contributed by atoms with Crippen LogP contribution in [0.2, 0.25) is 0 Å². The van der Waals surface area contributed by atoms with Gasteiger partial charge >= 0.3 is 0 Å². The third-order valence-corrected chi connectivity index (χ3v) is 3.64. The van der Waals surface area contributed by atoms with Gasteiger partial charge in [-0.25, -0.2) is 0 Å². The maximum atomic E-state index is 12.4. The molecule has 0 fully saturated rings. The van der Waals surface area contributed by atoms with E-state index in [1.165, 1.54) is 6.08 Å². The van der Waals surface area contributed by atoms with Crippen LogP contribution in [0.1, 0.15) is 25.0 Å². The van der Waals surface area contributed by atoms with Crippen LogP contribution in [0.4, 0.5) is 5.69 Å². The third-order valence-electron chi connectivity index (χ3n) is 3.64. The van der Waals surface area contributed by atoms with Gasteiger partial charge in [-0.2, -0.15) is 5.26 Å². The fourth-order valence-electron chi connectivity index (χ4n) is 2.38. The molecule has 0 aliphatic rings. The van der Waals surface area contributed by atoms with Crippen molar-refractivity contribution in [1.82, 2.24) is 0 Å². The number of rotatable bonds is 7. The maximum absolute atomic E-state index is 12.4. The van der Waals surface area contributed by atoms with Gasteiger partial charge in [-0.1, -0.05) is 24.3 Å². The van der Waals surface area contributed by atoms with Gasteiger partial charge in [0, 0.05) is 5.69 Å². The highest BCUT2D eigenvalue weighted by Gasteiger charge is 2.12. The number of amides is 1. The number of hydrogen-bond donors (Lipinski definition) is 1. The first-order valence-corrected chi connectivity index (χ1v) is 8.47. The second-order valence-corrected chi connectivity index (χ2v) is 5.51. The van der Waals surface area contributed by atoms with Gasteiger partial charge in [-0.3, -0.25) is 4.79 Å². The molecule has 134 valence electrons. The molecule has 0 atom stereocenters. The molecule has 0 unspecified atom stereocenters. The van der Waals surface area contributed by atoms with Gasteiger partial charge in [0.25, 0.3) is 5.91 Å². The van der Waals surface area contributed by atoms with E-state index in [0.717, 1.165) is 5.56 Å². The van der Waals surface area contributed by atoms with Crippen LogP contribution >= 0.6 is 0 Å². The highest BCUT2D eigenvalue weighted by Crippen LogP contribution is 2.29. The summed E-state index contributed by atoms with van der Waals surface area (Å²) in [5, 5.41) is 12.1. The summed E-state index contributed by atoms with van der Waals surface area (Å²) >= 11 is 0. The predicted molar refractivity (Wildman–Crippen MR) is 102 cm³/mol. The summed E-state index contributed by atoms with van der Waals surface area (Å²) in [6, 6.07) is 14.7. The quantitative estimate of drug-likeness (QED) is 0.596. The molecule has 2 rings (SSSR count). The summed E-state index contributed by atoms with van der Waals surface area (Å²) < 4.78 is 11.1. The standard InChI is InChI=1S/C21H22N2O3/c1-4-25-19-11-10-16(13-20(19)26-5-2)12-17(14-22)21(24)23-18-9-7-6-8-15(18)3/h6-13H,4-5H2,1-3H3,(H,23,24)/b17-12+. The summed E-state index contributed by atoms with van der Waals surface area (Å²) in [7, 11) is 0. The third kappa shape index (κ3) is 4.87. The molecule has 26 heavy (non-hydrogen) atoms.